The Hall–Kier alpha value is -3.74. The van der Waals surface area contributed by atoms with Gasteiger partial charge >= 0.3 is 5.97 Å². The minimum Gasteiger partial charge on any atom is -0.462 e. The molecule has 0 unspecified atom stereocenters. The molecule has 1 aromatic carbocycles. The summed E-state index contributed by atoms with van der Waals surface area (Å²) in [6.45, 7) is 12.2. The van der Waals surface area contributed by atoms with Gasteiger partial charge in [-0.3, -0.25) is 14.7 Å². The van der Waals surface area contributed by atoms with E-state index < -0.39 is 5.97 Å². The van der Waals surface area contributed by atoms with Crippen LogP contribution in [0.3, 0.4) is 0 Å². The largest absolute Gasteiger partial charge is 0.462 e. The molecule has 0 saturated heterocycles. The summed E-state index contributed by atoms with van der Waals surface area (Å²) in [6, 6.07) is 11.7. The van der Waals surface area contributed by atoms with Crippen molar-refractivity contribution < 1.29 is 14.3 Å². The van der Waals surface area contributed by atoms with Gasteiger partial charge in [0.05, 0.1) is 12.3 Å². The molecule has 0 spiro atoms. The number of ether oxygens (including phenoxy) is 1. The van der Waals surface area contributed by atoms with E-state index in [1.165, 1.54) is 5.56 Å². The molecule has 1 amide bonds. The van der Waals surface area contributed by atoms with Crippen LogP contribution in [0.15, 0.2) is 61.1 Å². The molecule has 0 aliphatic heterocycles. The number of esters is 1. The van der Waals surface area contributed by atoms with Gasteiger partial charge in [0.15, 0.2) is 5.82 Å². The lowest BCUT2D eigenvalue weighted by molar-refractivity contribution is -0.124. The van der Waals surface area contributed by atoms with Gasteiger partial charge in [-0.25, -0.2) is 9.48 Å². The molecule has 1 fully saturated rings. The van der Waals surface area contributed by atoms with Gasteiger partial charge in [0.25, 0.3) is 0 Å². The minimum absolute atomic E-state index is 0.0248. The second-order valence-corrected chi connectivity index (χ2v) is 10.4. The van der Waals surface area contributed by atoms with Crippen LogP contribution in [0.5, 0.6) is 0 Å². The maximum absolute atomic E-state index is 13.5. The number of carbonyl (C=O) groups excluding carboxylic acids is 2. The second-order valence-electron chi connectivity index (χ2n) is 10.4. The molecule has 0 N–H and O–H groups in total. The Bertz CT molecular complexity index is 1220. The Kier molecular flexibility index (Phi) is 11.0. The zero-order chi connectivity index (χ0) is 28.4. The van der Waals surface area contributed by atoms with Gasteiger partial charge in [-0.2, -0.15) is 0 Å². The summed E-state index contributed by atoms with van der Waals surface area (Å²) in [5.74, 6) is 0.617. The number of pyridine rings is 1. The zero-order valence-corrected chi connectivity index (χ0v) is 24.1. The molecule has 7 heteroatoms. The molecule has 1 saturated carbocycles. The molecule has 1 aliphatic carbocycles. The van der Waals surface area contributed by atoms with E-state index in [-0.39, 0.29) is 24.5 Å². The predicted octanol–water partition coefficient (Wildman–Crippen LogP) is 7.04. The zero-order valence-electron chi connectivity index (χ0n) is 24.1. The Morgan fingerprint density at radius 3 is 2.28 bits per heavy atom. The van der Waals surface area contributed by atoms with Crippen LogP contribution in [0.2, 0.25) is 0 Å². The number of aromatic nitrogens is 3. The number of carbonyl (C=O) groups is 2. The van der Waals surface area contributed by atoms with Crippen molar-refractivity contribution in [3.63, 3.8) is 0 Å². The van der Waals surface area contributed by atoms with E-state index in [4.69, 9.17) is 4.74 Å². The van der Waals surface area contributed by atoms with Crippen molar-refractivity contribution in [1.29, 1.82) is 0 Å². The average molecular weight is 531 g/mol. The van der Waals surface area contributed by atoms with Crippen molar-refractivity contribution in [2.24, 2.45) is 11.8 Å². The first-order valence-electron chi connectivity index (χ1n) is 13.9. The summed E-state index contributed by atoms with van der Waals surface area (Å²) in [6.07, 6.45) is 13.2. The Labute approximate surface area is 232 Å². The first-order chi connectivity index (χ1) is 18.7. The van der Waals surface area contributed by atoms with E-state index in [9.17, 15) is 9.59 Å². The van der Waals surface area contributed by atoms with Gasteiger partial charge < -0.3 is 4.74 Å². The maximum Gasteiger partial charge on any atom is 0.343 e. The first-order valence-corrected chi connectivity index (χ1v) is 13.9. The standard InChI is InChI=1S/C24H33N3O3.C8H9N/c1-6-30-24(29)21-15-26(20-13-9-18(5)10-14-20)25-22(21)27(16(2)3)23(28)19-11-7-17(4)8-12-19;1-2-3-8-4-6-9-7-5-8/h9-10,13-17,19H,6-8,11-12H2,1-5H3;2-7H,1H3. The maximum atomic E-state index is 13.5. The number of amides is 1. The molecule has 0 bridgehead atoms. The fourth-order valence-electron chi connectivity index (χ4n) is 4.70. The van der Waals surface area contributed by atoms with E-state index in [1.54, 1.807) is 35.1 Å². The third-order valence-corrected chi connectivity index (χ3v) is 6.90. The SMILES string of the molecule is CC=Cc1ccncc1.CCOC(=O)c1cn(-c2ccc(C)cc2)nc1N(C(=O)C1CCC(C)CC1)C(C)C. The number of hydrogen-bond donors (Lipinski definition) is 0. The molecule has 0 radical (unpaired) electrons. The molecule has 1 aliphatic rings. The first kappa shape index (κ1) is 29.8. The number of hydrogen-bond acceptors (Lipinski definition) is 5. The van der Waals surface area contributed by atoms with Crippen LogP contribution < -0.4 is 4.90 Å². The van der Waals surface area contributed by atoms with Gasteiger partial charge in [-0.1, -0.05) is 36.8 Å². The van der Waals surface area contributed by atoms with Gasteiger partial charge in [-0.05, 0) is 96.0 Å². The molecule has 3 aromatic rings. The molecule has 208 valence electrons. The lowest BCUT2D eigenvalue weighted by atomic mass is 9.82. The Morgan fingerprint density at radius 1 is 1.08 bits per heavy atom. The fraction of sp³-hybridized carbons (Fsp3) is 0.438. The van der Waals surface area contributed by atoms with Gasteiger partial charge in [0, 0.05) is 30.6 Å². The lowest BCUT2D eigenvalue weighted by Gasteiger charge is -2.32. The second kappa shape index (κ2) is 14.4. The van der Waals surface area contributed by atoms with Crippen molar-refractivity contribution in [3.8, 4) is 5.69 Å². The van der Waals surface area contributed by atoms with Gasteiger partial charge in [0.2, 0.25) is 5.91 Å². The molecular formula is C32H42N4O3. The molecule has 2 heterocycles. The van der Waals surface area contributed by atoms with Gasteiger partial charge in [-0.15, -0.1) is 5.10 Å². The van der Waals surface area contributed by atoms with E-state index in [0.29, 0.717) is 17.3 Å². The number of allylic oxidation sites excluding steroid dienone is 1. The molecule has 7 nitrogen and oxygen atoms in total. The van der Waals surface area contributed by atoms with Crippen LogP contribution in [0.1, 0.15) is 81.8 Å². The summed E-state index contributed by atoms with van der Waals surface area (Å²) in [7, 11) is 0. The van der Waals surface area contributed by atoms with E-state index >= 15 is 0 Å². The fourth-order valence-corrected chi connectivity index (χ4v) is 4.70. The van der Waals surface area contributed by atoms with Crippen molar-refractivity contribution >= 4 is 23.8 Å². The summed E-state index contributed by atoms with van der Waals surface area (Å²) < 4.78 is 6.94. The van der Waals surface area contributed by atoms with Crippen molar-refractivity contribution in [1.82, 2.24) is 14.8 Å². The van der Waals surface area contributed by atoms with Crippen LogP contribution in [-0.2, 0) is 9.53 Å². The van der Waals surface area contributed by atoms with Crippen molar-refractivity contribution in [3.05, 3.63) is 77.8 Å². The normalized spacial score (nSPS) is 17.0. The molecule has 4 rings (SSSR count). The predicted molar refractivity (Wildman–Crippen MR) is 157 cm³/mol. The minimum atomic E-state index is -0.457. The highest BCUT2D eigenvalue weighted by molar-refractivity contribution is 6.02. The topological polar surface area (TPSA) is 77.3 Å². The molecule has 0 atom stereocenters. The van der Waals surface area contributed by atoms with E-state index in [0.717, 1.165) is 36.9 Å². The summed E-state index contributed by atoms with van der Waals surface area (Å²) >= 11 is 0. The third kappa shape index (κ3) is 8.12. The Morgan fingerprint density at radius 2 is 1.72 bits per heavy atom. The van der Waals surface area contributed by atoms with Crippen LogP contribution >= 0.6 is 0 Å². The highest BCUT2D eigenvalue weighted by Crippen LogP contribution is 2.33. The van der Waals surface area contributed by atoms with E-state index in [1.807, 2.05) is 76.2 Å². The highest BCUT2D eigenvalue weighted by Gasteiger charge is 2.34. The number of nitrogens with zero attached hydrogens (tertiary/aromatic N) is 4. The van der Waals surface area contributed by atoms with Crippen LogP contribution in [0, 0.1) is 18.8 Å². The van der Waals surface area contributed by atoms with Crippen molar-refractivity contribution in [2.75, 3.05) is 11.5 Å². The summed E-state index contributed by atoms with van der Waals surface area (Å²) in [4.78, 5) is 31.8. The number of benzene rings is 1. The van der Waals surface area contributed by atoms with Gasteiger partial charge in [0.1, 0.15) is 5.56 Å². The number of aryl methyl sites for hydroxylation is 1. The smallest absolute Gasteiger partial charge is 0.343 e. The average Bonchev–Trinajstić information content (AvgIpc) is 3.35. The number of anilines is 1. The molecular weight excluding hydrogens is 488 g/mol. The Balaban J connectivity index is 0.000000395. The van der Waals surface area contributed by atoms with Crippen molar-refractivity contribution in [2.45, 2.75) is 73.3 Å². The van der Waals surface area contributed by atoms with E-state index in [2.05, 4.69) is 17.0 Å². The highest BCUT2D eigenvalue weighted by atomic mass is 16.5. The number of rotatable bonds is 7. The van der Waals surface area contributed by atoms with Crippen LogP contribution in [0.4, 0.5) is 5.82 Å². The monoisotopic (exact) mass is 530 g/mol. The summed E-state index contributed by atoms with van der Waals surface area (Å²) in [5.41, 5.74) is 3.50. The van der Waals surface area contributed by atoms with Crippen LogP contribution in [-0.4, -0.2) is 39.3 Å². The summed E-state index contributed by atoms with van der Waals surface area (Å²) in [5, 5.41) is 4.69. The van der Waals surface area contributed by atoms with Crippen LogP contribution in [0.25, 0.3) is 11.8 Å². The molecule has 39 heavy (non-hydrogen) atoms. The molecule has 2 aromatic heterocycles. The lowest BCUT2D eigenvalue weighted by Crippen LogP contribution is -2.43. The quantitative estimate of drug-likeness (QED) is 0.306. The third-order valence-electron chi connectivity index (χ3n) is 6.90.